The zero-order valence-corrected chi connectivity index (χ0v) is 12.3. The van der Waals surface area contributed by atoms with Gasteiger partial charge >= 0.3 is 0 Å². The smallest absolute Gasteiger partial charge is 0.192 e. The fourth-order valence-electron chi connectivity index (χ4n) is 2.39. The second-order valence-corrected chi connectivity index (χ2v) is 5.56. The number of ether oxygens (including phenoxy) is 1. The van der Waals surface area contributed by atoms with Crippen LogP contribution >= 0.6 is 23.2 Å². The topological polar surface area (TPSA) is 44.1 Å². The van der Waals surface area contributed by atoms with Gasteiger partial charge in [0.15, 0.2) is 5.78 Å². The highest BCUT2D eigenvalue weighted by Crippen LogP contribution is 2.26. The number of rotatable bonds is 2. The van der Waals surface area contributed by atoms with Crippen LogP contribution in [-0.2, 0) is 24.8 Å². The minimum atomic E-state index is -0.0283. The molecule has 0 saturated heterocycles. The molecule has 0 bridgehead atoms. The van der Waals surface area contributed by atoms with Gasteiger partial charge in [0, 0.05) is 23.5 Å². The normalized spacial score (nSPS) is 14.4. The van der Waals surface area contributed by atoms with Crippen LogP contribution in [0, 0.1) is 0 Å². The molecule has 20 heavy (non-hydrogen) atoms. The summed E-state index contributed by atoms with van der Waals surface area (Å²) in [5.41, 5.74) is 3.13. The molecule has 0 radical (unpaired) electrons. The van der Waals surface area contributed by atoms with E-state index in [1.54, 1.807) is 16.8 Å². The lowest BCUT2D eigenvalue weighted by Crippen LogP contribution is -2.19. The van der Waals surface area contributed by atoms with Crippen molar-refractivity contribution < 1.29 is 9.53 Å². The number of aryl methyl sites for hydroxylation is 1. The molecule has 0 aliphatic carbocycles. The maximum atomic E-state index is 12.0. The van der Waals surface area contributed by atoms with Gasteiger partial charge in [-0.3, -0.25) is 9.48 Å². The molecule has 0 amide bonds. The highest BCUT2D eigenvalue weighted by molar-refractivity contribution is 6.35. The molecule has 3 rings (SSSR count). The van der Waals surface area contributed by atoms with E-state index in [-0.39, 0.29) is 12.4 Å². The van der Waals surface area contributed by atoms with Gasteiger partial charge in [-0.15, -0.1) is 0 Å². The molecule has 2 aromatic rings. The van der Waals surface area contributed by atoms with E-state index >= 15 is 0 Å². The number of ketones is 1. The van der Waals surface area contributed by atoms with E-state index in [4.69, 9.17) is 27.9 Å². The molecule has 0 atom stereocenters. The van der Waals surface area contributed by atoms with Crippen LogP contribution in [0.25, 0.3) is 0 Å². The highest BCUT2D eigenvalue weighted by atomic mass is 35.5. The Bertz CT molecular complexity index is 695. The summed E-state index contributed by atoms with van der Waals surface area (Å²) in [6.45, 7) is 0.527. The van der Waals surface area contributed by atoms with Gasteiger partial charge in [0.1, 0.15) is 6.61 Å². The SMILES string of the molecule is Cn1nc(Cc2ccc(Cl)cc2Cl)c2c1COCC2=O. The van der Waals surface area contributed by atoms with Crippen LogP contribution in [0.15, 0.2) is 18.2 Å². The number of aromatic nitrogens is 2. The number of hydrogen-bond donors (Lipinski definition) is 0. The van der Waals surface area contributed by atoms with Crippen LogP contribution in [0.1, 0.15) is 27.3 Å². The molecule has 1 aromatic heterocycles. The van der Waals surface area contributed by atoms with E-state index < -0.39 is 0 Å². The van der Waals surface area contributed by atoms with E-state index in [1.807, 2.05) is 13.1 Å². The van der Waals surface area contributed by atoms with Crippen molar-refractivity contribution in [2.45, 2.75) is 13.0 Å². The first-order valence-corrected chi connectivity index (χ1v) is 6.91. The third-order valence-electron chi connectivity index (χ3n) is 3.36. The number of hydrogen-bond acceptors (Lipinski definition) is 3. The summed E-state index contributed by atoms with van der Waals surface area (Å²) in [5.74, 6) is -0.0283. The molecule has 1 aliphatic heterocycles. The number of carbonyl (C=O) groups excluding carboxylic acids is 1. The van der Waals surface area contributed by atoms with Gasteiger partial charge in [0.25, 0.3) is 0 Å². The molecule has 4 nitrogen and oxygen atoms in total. The average molecular weight is 311 g/mol. The predicted octanol–water partition coefficient (Wildman–Crippen LogP) is 3.03. The van der Waals surface area contributed by atoms with Gasteiger partial charge in [-0.05, 0) is 17.7 Å². The molecule has 1 aromatic carbocycles. The van der Waals surface area contributed by atoms with Gasteiger partial charge in [0.2, 0.25) is 0 Å². The van der Waals surface area contributed by atoms with E-state index in [9.17, 15) is 4.79 Å². The van der Waals surface area contributed by atoms with Crippen molar-refractivity contribution in [1.82, 2.24) is 9.78 Å². The van der Waals surface area contributed by atoms with Crippen molar-refractivity contribution in [2.75, 3.05) is 6.61 Å². The molecular formula is C14H12Cl2N2O2. The number of carbonyl (C=O) groups is 1. The molecule has 0 fully saturated rings. The molecule has 2 heterocycles. The minimum Gasteiger partial charge on any atom is -0.367 e. The van der Waals surface area contributed by atoms with E-state index in [2.05, 4.69) is 5.10 Å². The summed E-state index contributed by atoms with van der Waals surface area (Å²) in [4.78, 5) is 12.0. The lowest BCUT2D eigenvalue weighted by Gasteiger charge is -2.12. The quantitative estimate of drug-likeness (QED) is 0.856. The fraction of sp³-hybridized carbons (Fsp3) is 0.286. The molecule has 0 spiro atoms. The first kappa shape index (κ1) is 13.6. The lowest BCUT2D eigenvalue weighted by atomic mass is 10.0. The summed E-state index contributed by atoms with van der Waals surface area (Å²) >= 11 is 12.1. The van der Waals surface area contributed by atoms with Crippen molar-refractivity contribution in [2.24, 2.45) is 7.05 Å². The van der Waals surface area contributed by atoms with Crippen molar-refractivity contribution in [3.05, 3.63) is 50.8 Å². The van der Waals surface area contributed by atoms with Crippen molar-refractivity contribution >= 4 is 29.0 Å². The fourth-order valence-corrected chi connectivity index (χ4v) is 2.86. The Morgan fingerprint density at radius 2 is 2.15 bits per heavy atom. The maximum Gasteiger partial charge on any atom is 0.192 e. The first-order chi connectivity index (χ1) is 9.56. The third kappa shape index (κ3) is 2.35. The van der Waals surface area contributed by atoms with Crippen LogP contribution in [0.5, 0.6) is 0 Å². The first-order valence-electron chi connectivity index (χ1n) is 6.16. The van der Waals surface area contributed by atoms with Crippen LogP contribution in [0.2, 0.25) is 10.0 Å². The second-order valence-electron chi connectivity index (χ2n) is 4.72. The molecular weight excluding hydrogens is 299 g/mol. The number of fused-ring (bicyclic) bond motifs is 1. The molecule has 1 aliphatic rings. The van der Waals surface area contributed by atoms with Crippen LogP contribution in [0.4, 0.5) is 0 Å². The van der Waals surface area contributed by atoms with E-state index in [1.165, 1.54) is 0 Å². The standard InChI is InChI=1S/C14H12Cl2N2O2/c1-18-12-6-20-7-13(19)14(12)11(17-18)4-8-2-3-9(15)5-10(8)16/h2-3,5H,4,6-7H2,1H3. The second kappa shape index (κ2) is 5.20. The summed E-state index contributed by atoms with van der Waals surface area (Å²) in [5, 5.41) is 5.59. The Morgan fingerprint density at radius 3 is 2.90 bits per heavy atom. The summed E-state index contributed by atoms with van der Waals surface area (Å²) in [6.07, 6.45) is 0.505. The van der Waals surface area contributed by atoms with Crippen LogP contribution in [-0.4, -0.2) is 22.2 Å². The summed E-state index contributed by atoms with van der Waals surface area (Å²) in [7, 11) is 1.81. The summed E-state index contributed by atoms with van der Waals surface area (Å²) < 4.78 is 6.94. The Kier molecular flexibility index (Phi) is 3.54. The number of nitrogens with zero attached hydrogens (tertiary/aromatic N) is 2. The van der Waals surface area contributed by atoms with Gasteiger partial charge in [0.05, 0.1) is 23.6 Å². The van der Waals surface area contributed by atoms with Crippen molar-refractivity contribution in [1.29, 1.82) is 0 Å². The third-order valence-corrected chi connectivity index (χ3v) is 3.95. The highest BCUT2D eigenvalue weighted by Gasteiger charge is 2.26. The Labute approximate surface area is 126 Å². The minimum absolute atomic E-state index is 0.0283. The Morgan fingerprint density at radius 1 is 1.35 bits per heavy atom. The van der Waals surface area contributed by atoms with Gasteiger partial charge in [-0.1, -0.05) is 29.3 Å². The molecule has 104 valence electrons. The summed E-state index contributed by atoms with van der Waals surface area (Å²) in [6, 6.07) is 5.33. The van der Waals surface area contributed by atoms with E-state index in [0.29, 0.717) is 28.6 Å². The molecule has 6 heteroatoms. The maximum absolute atomic E-state index is 12.0. The molecule has 0 N–H and O–H groups in total. The van der Waals surface area contributed by atoms with Crippen molar-refractivity contribution in [3.8, 4) is 0 Å². The predicted molar refractivity (Wildman–Crippen MR) is 76.5 cm³/mol. The van der Waals surface area contributed by atoms with Crippen LogP contribution in [0.3, 0.4) is 0 Å². The lowest BCUT2D eigenvalue weighted by molar-refractivity contribution is 0.0649. The molecule has 0 unspecified atom stereocenters. The van der Waals surface area contributed by atoms with Gasteiger partial charge in [-0.25, -0.2) is 0 Å². The zero-order valence-electron chi connectivity index (χ0n) is 10.8. The average Bonchev–Trinajstić information content (AvgIpc) is 2.71. The zero-order chi connectivity index (χ0) is 14.3. The van der Waals surface area contributed by atoms with Crippen molar-refractivity contribution in [3.63, 3.8) is 0 Å². The Hall–Kier alpha value is -1.36. The number of benzene rings is 1. The van der Waals surface area contributed by atoms with E-state index in [0.717, 1.165) is 17.0 Å². The molecule has 0 saturated carbocycles. The largest absolute Gasteiger partial charge is 0.367 e. The monoisotopic (exact) mass is 310 g/mol. The van der Waals surface area contributed by atoms with Gasteiger partial charge < -0.3 is 4.74 Å². The van der Waals surface area contributed by atoms with Gasteiger partial charge in [-0.2, -0.15) is 5.10 Å². The number of halogens is 2. The van der Waals surface area contributed by atoms with Crippen LogP contribution < -0.4 is 0 Å². The Balaban J connectivity index is 2.01. The number of Topliss-reactive ketones (excluding diaryl/α,β-unsaturated/α-hetero) is 1.